The van der Waals surface area contributed by atoms with Crippen molar-refractivity contribution < 1.29 is 39.9 Å². The van der Waals surface area contributed by atoms with E-state index in [1.807, 2.05) is 41.5 Å². The third-order valence-electron chi connectivity index (χ3n) is 0. The summed E-state index contributed by atoms with van der Waals surface area (Å²) in [5, 5.41) is 0. The van der Waals surface area contributed by atoms with Gasteiger partial charge in [-0.05, 0) is 0 Å². The third-order valence-corrected chi connectivity index (χ3v) is 0. The molecule has 0 nitrogen and oxygen atoms in total. The summed E-state index contributed by atoms with van der Waals surface area (Å²) in [6.07, 6.45) is 0. The molecular formula is C9H30Gd. The molecular weight excluding hydrogens is 265 g/mol. The molecule has 0 unspecified atom stereocenters. The van der Waals surface area contributed by atoms with E-state index in [0.717, 1.165) is 0 Å². The van der Waals surface area contributed by atoms with Crippen LogP contribution < -0.4 is 0 Å². The van der Waals surface area contributed by atoms with Gasteiger partial charge in [-0.2, -0.15) is 0 Å². The van der Waals surface area contributed by atoms with Gasteiger partial charge in [0.25, 0.3) is 0 Å². The fraction of sp³-hybridized carbons (Fsp3) is 1.00. The Kier molecular flexibility index (Phi) is 3300. The van der Waals surface area contributed by atoms with Crippen LogP contribution in [0.4, 0.5) is 0 Å². The first-order valence-electron chi connectivity index (χ1n) is 3.00. The third kappa shape index (κ3) is 368. The zero-order chi connectivity index (χ0) is 6.00. The molecule has 0 rings (SSSR count). The summed E-state index contributed by atoms with van der Waals surface area (Å²) in [5.41, 5.74) is 0. The minimum atomic E-state index is 0. The molecule has 0 atom stereocenters. The van der Waals surface area contributed by atoms with E-state index in [4.69, 9.17) is 0 Å². The molecule has 0 aromatic rings. The van der Waals surface area contributed by atoms with Crippen molar-refractivity contribution in [2.75, 3.05) is 0 Å². The van der Waals surface area contributed by atoms with Crippen LogP contribution in [0.25, 0.3) is 0 Å². The first-order chi connectivity index (χ1) is 3.00. The zero-order valence-electron chi connectivity index (χ0n) is 6.35. The van der Waals surface area contributed by atoms with E-state index in [1.54, 1.807) is 0 Å². The van der Waals surface area contributed by atoms with Crippen LogP contribution in [0.15, 0.2) is 0 Å². The van der Waals surface area contributed by atoms with E-state index in [0.29, 0.717) is 0 Å². The van der Waals surface area contributed by atoms with Crippen molar-refractivity contribution in [3.63, 3.8) is 0 Å². The minimum absolute atomic E-state index is 0. The Morgan fingerprint density at radius 2 is 0.400 bits per heavy atom. The van der Waals surface area contributed by atoms with Crippen LogP contribution in [0.5, 0.6) is 0 Å². The molecule has 1 heteroatoms. The Balaban J connectivity index is -0.00000000225. The van der Waals surface area contributed by atoms with E-state index in [-0.39, 0.29) is 62.2 Å². The average Bonchev–Trinajstić information content (AvgIpc) is 1.81. The van der Waals surface area contributed by atoms with Gasteiger partial charge in [0.1, 0.15) is 0 Å². The maximum Gasteiger partial charge on any atom is 0 e. The van der Waals surface area contributed by atoms with Gasteiger partial charge in [-0.1, -0.05) is 63.8 Å². The minimum Gasteiger partial charge on any atom is -0.0776 e. The predicted molar refractivity (Wildman–Crippen MR) is 54.2 cm³/mol. The molecule has 0 aromatic carbocycles. The summed E-state index contributed by atoms with van der Waals surface area (Å²) in [4.78, 5) is 0. The van der Waals surface area contributed by atoms with Crippen molar-refractivity contribution in [3.8, 4) is 0 Å². The van der Waals surface area contributed by atoms with Gasteiger partial charge in [-0.3, -0.25) is 0 Å². The van der Waals surface area contributed by atoms with Crippen molar-refractivity contribution in [1.82, 2.24) is 0 Å². The second-order valence-electron chi connectivity index (χ2n) is 0. The van der Waals surface area contributed by atoms with Gasteiger partial charge >= 0.3 is 0 Å². The first kappa shape index (κ1) is 64.5. The SMILES string of the molecule is C.C.C.CC.CC.CC.[Gd]. The van der Waals surface area contributed by atoms with Crippen LogP contribution in [0, 0.1) is 39.9 Å². The number of rotatable bonds is 0. The quantitative estimate of drug-likeness (QED) is 0.591. The Labute approximate surface area is 103 Å². The average molecular weight is 296 g/mol. The summed E-state index contributed by atoms with van der Waals surface area (Å²) < 4.78 is 0. The molecule has 0 aliphatic heterocycles. The predicted octanol–water partition coefficient (Wildman–Crippen LogP) is 4.99. The largest absolute Gasteiger partial charge is 0.0776 e. The molecule has 0 spiro atoms. The maximum atomic E-state index is 2.00. The topological polar surface area (TPSA) is 0 Å². The molecule has 0 amide bonds. The van der Waals surface area contributed by atoms with Crippen LogP contribution in [0.1, 0.15) is 63.8 Å². The standard InChI is InChI=1S/3C2H6.3CH4.Gd/c3*1-2;;;;/h3*1-2H3;3*1H4;. The van der Waals surface area contributed by atoms with E-state index < -0.39 is 0 Å². The van der Waals surface area contributed by atoms with Crippen LogP contribution in [0.3, 0.4) is 0 Å². The first-order valence-corrected chi connectivity index (χ1v) is 3.00. The Bertz CT molecular complexity index is 4.69. The molecule has 0 saturated carbocycles. The van der Waals surface area contributed by atoms with E-state index >= 15 is 0 Å². The summed E-state index contributed by atoms with van der Waals surface area (Å²) >= 11 is 0. The summed E-state index contributed by atoms with van der Waals surface area (Å²) in [6, 6.07) is 0. The molecule has 0 aromatic heterocycles. The molecule has 0 radical (unpaired) electrons. The number of hydrogen-bond donors (Lipinski definition) is 0. The van der Waals surface area contributed by atoms with Crippen molar-refractivity contribution in [1.29, 1.82) is 0 Å². The fourth-order valence-electron chi connectivity index (χ4n) is 0. The van der Waals surface area contributed by atoms with Gasteiger partial charge in [0.2, 0.25) is 0 Å². The molecule has 0 bridgehead atoms. The van der Waals surface area contributed by atoms with Gasteiger partial charge in [0.05, 0.1) is 0 Å². The van der Waals surface area contributed by atoms with Gasteiger partial charge in [-0.25, -0.2) is 0 Å². The van der Waals surface area contributed by atoms with E-state index in [2.05, 4.69) is 0 Å². The van der Waals surface area contributed by atoms with Gasteiger partial charge in [0, 0.05) is 39.9 Å². The van der Waals surface area contributed by atoms with Gasteiger partial charge < -0.3 is 0 Å². The molecule has 0 heterocycles. The normalized spacial score (nSPS) is 1.80. The zero-order valence-corrected chi connectivity index (χ0v) is 8.62. The van der Waals surface area contributed by atoms with Crippen LogP contribution in [-0.4, -0.2) is 0 Å². The Morgan fingerprint density at radius 3 is 0.400 bits per heavy atom. The van der Waals surface area contributed by atoms with Crippen molar-refractivity contribution in [2.45, 2.75) is 63.8 Å². The fourth-order valence-corrected chi connectivity index (χ4v) is 0. The maximum absolute atomic E-state index is 2.00. The second-order valence-corrected chi connectivity index (χ2v) is 0. The van der Waals surface area contributed by atoms with Crippen LogP contribution in [0.2, 0.25) is 0 Å². The summed E-state index contributed by atoms with van der Waals surface area (Å²) in [6.45, 7) is 12.0. The van der Waals surface area contributed by atoms with Crippen molar-refractivity contribution >= 4 is 0 Å². The van der Waals surface area contributed by atoms with E-state index in [9.17, 15) is 0 Å². The van der Waals surface area contributed by atoms with Gasteiger partial charge in [-0.15, -0.1) is 0 Å². The van der Waals surface area contributed by atoms with Crippen LogP contribution in [-0.2, 0) is 0 Å². The summed E-state index contributed by atoms with van der Waals surface area (Å²) in [7, 11) is 0. The molecule has 10 heavy (non-hydrogen) atoms. The monoisotopic (exact) mass is 296 g/mol. The molecule has 74 valence electrons. The molecule has 0 N–H and O–H groups in total. The van der Waals surface area contributed by atoms with Crippen molar-refractivity contribution in [2.24, 2.45) is 0 Å². The Hall–Kier alpha value is 1.32. The second kappa shape index (κ2) is 512. The van der Waals surface area contributed by atoms with Gasteiger partial charge in [0.15, 0.2) is 0 Å². The molecule has 0 aliphatic carbocycles. The molecule has 0 saturated heterocycles. The number of hydrogen-bond acceptors (Lipinski definition) is 0. The summed E-state index contributed by atoms with van der Waals surface area (Å²) in [5.74, 6) is 0. The smallest absolute Gasteiger partial charge is 0 e. The Morgan fingerprint density at radius 1 is 0.400 bits per heavy atom. The van der Waals surface area contributed by atoms with Crippen LogP contribution >= 0.6 is 0 Å². The molecule has 0 aliphatic rings. The van der Waals surface area contributed by atoms with E-state index in [1.165, 1.54) is 0 Å². The molecule has 0 fully saturated rings. The van der Waals surface area contributed by atoms with Crippen molar-refractivity contribution in [3.05, 3.63) is 0 Å².